The van der Waals surface area contributed by atoms with Crippen LogP contribution in [-0.4, -0.2) is 19.5 Å². The molecule has 76 valence electrons. The molecule has 1 rings (SSSR count). The number of anilines is 1. The average molecular weight is 193 g/mol. The molecule has 3 N–H and O–H groups in total. The highest BCUT2D eigenvalue weighted by atomic mass is 16.6. The molecule has 0 radical (unpaired) electrons. The van der Waals surface area contributed by atoms with Crippen molar-refractivity contribution in [3.8, 4) is 0 Å². The number of benzene rings is 1. The van der Waals surface area contributed by atoms with Gasteiger partial charge in [0.05, 0.1) is 5.56 Å². The van der Waals surface area contributed by atoms with Gasteiger partial charge in [0.15, 0.2) is 0 Å². The van der Waals surface area contributed by atoms with Gasteiger partial charge in [-0.3, -0.25) is 0 Å². The maximum absolute atomic E-state index is 5.79. The van der Waals surface area contributed by atoms with Crippen LogP contribution in [0.2, 0.25) is 0 Å². The van der Waals surface area contributed by atoms with Gasteiger partial charge < -0.3 is 10.6 Å². The lowest BCUT2D eigenvalue weighted by Crippen LogP contribution is -2.18. The third-order valence-electron chi connectivity index (χ3n) is 1.69. The van der Waals surface area contributed by atoms with Crippen molar-refractivity contribution in [3.63, 3.8) is 0 Å². The van der Waals surface area contributed by atoms with Crippen molar-refractivity contribution < 1.29 is 4.84 Å². The number of aliphatic imine (C=N–C) groups is 1. The number of hydroxylamine groups is 1. The molecule has 0 unspecified atom stereocenters. The molecule has 14 heavy (non-hydrogen) atoms. The van der Waals surface area contributed by atoms with E-state index in [9.17, 15) is 0 Å². The first kappa shape index (κ1) is 10.5. The molecule has 0 spiro atoms. The van der Waals surface area contributed by atoms with Gasteiger partial charge in [0.2, 0.25) is 5.90 Å². The lowest BCUT2D eigenvalue weighted by molar-refractivity contribution is 0.209. The topological polar surface area (TPSA) is 59.6 Å². The van der Waals surface area contributed by atoms with Crippen LogP contribution in [-0.2, 0) is 4.84 Å². The first-order chi connectivity index (χ1) is 6.79. The quantitative estimate of drug-likeness (QED) is 0.328. The van der Waals surface area contributed by atoms with E-state index in [1.807, 2.05) is 31.2 Å². The third-order valence-corrected chi connectivity index (χ3v) is 1.69. The van der Waals surface area contributed by atoms with Gasteiger partial charge in [0.1, 0.15) is 0 Å². The van der Waals surface area contributed by atoms with Gasteiger partial charge in [0, 0.05) is 19.3 Å². The summed E-state index contributed by atoms with van der Waals surface area (Å²) in [5.41, 5.74) is 9.86. The summed E-state index contributed by atoms with van der Waals surface area (Å²) in [5.74, 6) is 0.521. The maximum atomic E-state index is 5.79. The van der Waals surface area contributed by atoms with Crippen LogP contribution in [0.15, 0.2) is 29.3 Å². The van der Waals surface area contributed by atoms with Gasteiger partial charge in [-0.1, -0.05) is 12.1 Å². The predicted molar refractivity (Wildman–Crippen MR) is 58.1 cm³/mol. The molecule has 0 saturated heterocycles. The molecule has 0 heterocycles. The van der Waals surface area contributed by atoms with Gasteiger partial charge >= 0.3 is 0 Å². The Bertz CT molecular complexity index is 323. The number of hydrogen-bond donors (Lipinski definition) is 2. The fourth-order valence-electron chi connectivity index (χ4n) is 1.10. The Morgan fingerprint density at radius 2 is 2.21 bits per heavy atom. The summed E-state index contributed by atoms with van der Waals surface area (Å²) >= 11 is 0. The zero-order valence-electron chi connectivity index (χ0n) is 8.45. The van der Waals surface area contributed by atoms with E-state index < -0.39 is 0 Å². The monoisotopic (exact) mass is 193 g/mol. The van der Waals surface area contributed by atoms with Gasteiger partial charge in [-0.25, -0.2) is 4.99 Å². The first-order valence-electron chi connectivity index (χ1n) is 4.52. The van der Waals surface area contributed by atoms with Crippen molar-refractivity contribution in [2.45, 2.75) is 6.92 Å². The number of nitrogen functional groups attached to an aromatic ring is 1. The van der Waals surface area contributed by atoms with Crippen LogP contribution in [0.25, 0.3) is 0 Å². The van der Waals surface area contributed by atoms with Crippen LogP contribution in [0.3, 0.4) is 0 Å². The van der Waals surface area contributed by atoms with E-state index in [0.29, 0.717) is 18.1 Å². The Morgan fingerprint density at radius 3 is 2.79 bits per heavy atom. The Hall–Kier alpha value is -1.55. The van der Waals surface area contributed by atoms with E-state index in [1.54, 1.807) is 7.05 Å². The fraction of sp³-hybridized carbons (Fsp3) is 0.300. The van der Waals surface area contributed by atoms with Crippen LogP contribution in [0.5, 0.6) is 0 Å². The van der Waals surface area contributed by atoms with E-state index in [1.165, 1.54) is 0 Å². The molecule has 0 atom stereocenters. The van der Waals surface area contributed by atoms with Crippen molar-refractivity contribution >= 4 is 11.6 Å². The Kier molecular flexibility index (Phi) is 3.94. The fourth-order valence-corrected chi connectivity index (χ4v) is 1.10. The van der Waals surface area contributed by atoms with E-state index in [-0.39, 0.29) is 0 Å². The molecular formula is C10H15N3O. The van der Waals surface area contributed by atoms with Gasteiger partial charge in [-0.05, 0) is 19.1 Å². The second-order valence-corrected chi connectivity index (χ2v) is 2.67. The molecule has 0 aliphatic heterocycles. The number of rotatable bonds is 3. The Balaban J connectivity index is 2.99. The standard InChI is InChI=1S/C10H15N3O/c1-3-13-10(14-12-2)8-6-4-5-7-9(8)11/h4-7,12H,3,11H2,1-2H3. The Morgan fingerprint density at radius 1 is 1.50 bits per heavy atom. The summed E-state index contributed by atoms with van der Waals surface area (Å²) in [4.78, 5) is 9.37. The van der Waals surface area contributed by atoms with E-state index >= 15 is 0 Å². The summed E-state index contributed by atoms with van der Waals surface area (Å²) in [7, 11) is 1.68. The molecule has 1 aromatic carbocycles. The molecule has 4 nitrogen and oxygen atoms in total. The van der Waals surface area contributed by atoms with Crippen LogP contribution < -0.4 is 11.2 Å². The lowest BCUT2D eigenvalue weighted by atomic mass is 10.2. The highest BCUT2D eigenvalue weighted by Gasteiger charge is 2.07. The van der Waals surface area contributed by atoms with Crippen LogP contribution >= 0.6 is 0 Å². The summed E-state index contributed by atoms with van der Waals surface area (Å²) in [6, 6.07) is 7.47. The normalized spacial score (nSPS) is 11.4. The summed E-state index contributed by atoms with van der Waals surface area (Å²) in [6.45, 7) is 2.60. The molecule has 0 fully saturated rings. The SMILES string of the molecule is CCN=C(ONC)c1ccccc1N. The zero-order valence-corrected chi connectivity index (χ0v) is 8.45. The maximum Gasteiger partial charge on any atom is 0.242 e. The second-order valence-electron chi connectivity index (χ2n) is 2.67. The van der Waals surface area contributed by atoms with E-state index in [0.717, 1.165) is 5.56 Å². The number of nitrogens with one attached hydrogen (secondary N) is 1. The van der Waals surface area contributed by atoms with Crippen LogP contribution in [0, 0.1) is 0 Å². The minimum atomic E-state index is 0.521. The van der Waals surface area contributed by atoms with Crippen molar-refractivity contribution in [1.82, 2.24) is 5.48 Å². The van der Waals surface area contributed by atoms with E-state index in [4.69, 9.17) is 10.6 Å². The zero-order chi connectivity index (χ0) is 10.4. The summed E-state index contributed by atoms with van der Waals surface area (Å²) < 4.78 is 0. The Labute approximate surface area is 83.7 Å². The molecule has 0 aliphatic carbocycles. The third kappa shape index (κ3) is 2.47. The van der Waals surface area contributed by atoms with Gasteiger partial charge in [0.25, 0.3) is 0 Å². The van der Waals surface area contributed by atoms with Crippen molar-refractivity contribution in [3.05, 3.63) is 29.8 Å². The molecule has 0 bridgehead atoms. The van der Waals surface area contributed by atoms with Crippen LogP contribution in [0.4, 0.5) is 5.69 Å². The van der Waals surface area contributed by atoms with E-state index in [2.05, 4.69) is 10.5 Å². The van der Waals surface area contributed by atoms with Crippen molar-refractivity contribution in [2.24, 2.45) is 4.99 Å². The van der Waals surface area contributed by atoms with Gasteiger partial charge in [-0.15, -0.1) is 0 Å². The van der Waals surface area contributed by atoms with Crippen LogP contribution in [0.1, 0.15) is 12.5 Å². The number of nitrogens with two attached hydrogens (primary N) is 1. The molecule has 0 amide bonds. The molecular weight excluding hydrogens is 178 g/mol. The molecule has 0 saturated carbocycles. The van der Waals surface area contributed by atoms with Crippen molar-refractivity contribution in [2.75, 3.05) is 19.3 Å². The summed E-state index contributed by atoms with van der Waals surface area (Å²) in [5, 5.41) is 0. The first-order valence-corrected chi connectivity index (χ1v) is 4.52. The number of nitrogens with zero attached hydrogens (tertiary/aromatic N) is 1. The second kappa shape index (κ2) is 5.24. The minimum Gasteiger partial charge on any atom is -0.398 e. The number of hydrogen-bond acceptors (Lipinski definition) is 4. The average Bonchev–Trinajstić information content (AvgIpc) is 2.18. The van der Waals surface area contributed by atoms with Crippen molar-refractivity contribution in [1.29, 1.82) is 0 Å². The highest BCUT2D eigenvalue weighted by Crippen LogP contribution is 2.12. The predicted octanol–water partition coefficient (Wildman–Crippen LogP) is 1.19. The molecule has 1 aromatic rings. The molecule has 0 aliphatic rings. The minimum absolute atomic E-state index is 0.521. The lowest BCUT2D eigenvalue weighted by Gasteiger charge is -2.08. The largest absolute Gasteiger partial charge is 0.398 e. The molecule has 0 aromatic heterocycles. The summed E-state index contributed by atoms with van der Waals surface area (Å²) in [6.07, 6.45) is 0. The highest BCUT2D eigenvalue weighted by molar-refractivity contribution is 5.98. The van der Waals surface area contributed by atoms with Gasteiger partial charge in [-0.2, -0.15) is 5.48 Å². The number of para-hydroxylation sites is 1. The molecule has 4 heteroatoms. The smallest absolute Gasteiger partial charge is 0.242 e.